The van der Waals surface area contributed by atoms with E-state index in [0.29, 0.717) is 12.1 Å². The average molecular weight is 157 g/mol. The van der Waals surface area contributed by atoms with Gasteiger partial charge in [-0.05, 0) is 26.2 Å². The van der Waals surface area contributed by atoms with Crippen LogP contribution in [-0.4, -0.2) is 12.1 Å². The second kappa shape index (κ2) is 5.59. The Morgan fingerprint density at radius 1 is 1.00 bits per heavy atom. The van der Waals surface area contributed by atoms with E-state index in [1.54, 1.807) is 0 Å². The van der Waals surface area contributed by atoms with E-state index in [-0.39, 0.29) is 0 Å². The smallest absolute Gasteiger partial charge is 0.00667 e. The van der Waals surface area contributed by atoms with E-state index in [2.05, 4.69) is 39.9 Å². The van der Waals surface area contributed by atoms with Gasteiger partial charge in [0.25, 0.3) is 0 Å². The number of hydrogen-bond acceptors (Lipinski definition) is 1. The lowest BCUT2D eigenvalue weighted by Crippen LogP contribution is -2.38. The van der Waals surface area contributed by atoms with E-state index in [1.165, 1.54) is 12.8 Å². The molecule has 1 heteroatoms. The van der Waals surface area contributed by atoms with Crippen LogP contribution in [0.3, 0.4) is 0 Å². The highest BCUT2D eigenvalue weighted by Gasteiger charge is 2.10. The Morgan fingerprint density at radius 3 is 1.91 bits per heavy atom. The topological polar surface area (TPSA) is 12.0 Å². The summed E-state index contributed by atoms with van der Waals surface area (Å²) in [6.07, 6.45) is 2.49. The van der Waals surface area contributed by atoms with Crippen molar-refractivity contribution in [3.63, 3.8) is 0 Å². The molecule has 0 saturated heterocycles. The van der Waals surface area contributed by atoms with Gasteiger partial charge in [-0.15, -0.1) is 0 Å². The second-order valence-electron chi connectivity index (χ2n) is 3.65. The van der Waals surface area contributed by atoms with Crippen molar-refractivity contribution < 1.29 is 0 Å². The largest absolute Gasteiger partial charge is 0.312 e. The fourth-order valence-corrected chi connectivity index (χ4v) is 1.08. The lowest BCUT2D eigenvalue weighted by atomic mass is 10.00. The molecule has 0 aliphatic rings. The van der Waals surface area contributed by atoms with Crippen molar-refractivity contribution in [3.05, 3.63) is 0 Å². The molecule has 0 unspecified atom stereocenters. The molecule has 0 fully saturated rings. The molecule has 0 saturated carbocycles. The maximum absolute atomic E-state index is 3.58. The minimum atomic E-state index is 0.662. The first-order valence-corrected chi connectivity index (χ1v) is 4.87. The Labute approximate surface area is 71.6 Å². The van der Waals surface area contributed by atoms with Gasteiger partial charge in [-0.1, -0.05) is 27.2 Å². The van der Waals surface area contributed by atoms with E-state index < -0.39 is 0 Å². The predicted octanol–water partition coefficient (Wildman–Crippen LogP) is 2.81. The summed E-state index contributed by atoms with van der Waals surface area (Å²) in [7, 11) is 0. The molecule has 0 aromatic rings. The summed E-state index contributed by atoms with van der Waals surface area (Å²) in [5.41, 5.74) is 0. The van der Waals surface area contributed by atoms with Crippen LogP contribution in [0.25, 0.3) is 0 Å². The maximum atomic E-state index is 3.58. The van der Waals surface area contributed by atoms with Gasteiger partial charge >= 0.3 is 0 Å². The quantitative estimate of drug-likeness (QED) is 0.647. The minimum Gasteiger partial charge on any atom is -0.312 e. The van der Waals surface area contributed by atoms with Crippen LogP contribution in [0.15, 0.2) is 0 Å². The molecular formula is C10H23N. The van der Waals surface area contributed by atoms with Crippen molar-refractivity contribution in [1.82, 2.24) is 5.32 Å². The van der Waals surface area contributed by atoms with Gasteiger partial charge < -0.3 is 5.32 Å². The lowest BCUT2D eigenvalue weighted by molar-refractivity contribution is 0.352. The van der Waals surface area contributed by atoms with Crippen LogP contribution in [0.2, 0.25) is 0 Å². The van der Waals surface area contributed by atoms with Crippen molar-refractivity contribution in [1.29, 1.82) is 0 Å². The molecular weight excluding hydrogens is 134 g/mol. The number of nitrogens with one attached hydrogen (secondary N) is 1. The van der Waals surface area contributed by atoms with Crippen LogP contribution in [-0.2, 0) is 0 Å². The van der Waals surface area contributed by atoms with Crippen LogP contribution in [0.5, 0.6) is 0 Å². The molecule has 1 nitrogen and oxygen atoms in total. The van der Waals surface area contributed by atoms with Gasteiger partial charge in [0.15, 0.2) is 0 Å². The van der Waals surface area contributed by atoms with Crippen LogP contribution in [0.4, 0.5) is 0 Å². The molecule has 0 amide bonds. The van der Waals surface area contributed by atoms with E-state index in [1.807, 2.05) is 0 Å². The molecule has 0 radical (unpaired) electrons. The van der Waals surface area contributed by atoms with Gasteiger partial charge in [0.1, 0.15) is 0 Å². The third-order valence-corrected chi connectivity index (χ3v) is 2.66. The summed E-state index contributed by atoms with van der Waals surface area (Å²) in [6.45, 7) is 11.3. The standard InChI is InChI=1S/C10H23N/c1-6-8(3)10(5)11-9(4)7-2/h8-11H,6-7H2,1-5H3/t8-,9+,10+/m1/s1. The van der Waals surface area contributed by atoms with E-state index in [4.69, 9.17) is 0 Å². The first-order valence-electron chi connectivity index (χ1n) is 4.87. The molecule has 0 rings (SSSR count). The van der Waals surface area contributed by atoms with Crippen molar-refractivity contribution in [2.45, 2.75) is 59.5 Å². The van der Waals surface area contributed by atoms with Crippen LogP contribution >= 0.6 is 0 Å². The first kappa shape index (κ1) is 11.0. The minimum absolute atomic E-state index is 0.662. The molecule has 0 aromatic carbocycles. The van der Waals surface area contributed by atoms with Crippen LogP contribution < -0.4 is 5.32 Å². The summed E-state index contributed by atoms with van der Waals surface area (Å²) in [5.74, 6) is 0.795. The van der Waals surface area contributed by atoms with E-state index in [9.17, 15) is 0 Å². The summed E-state index contributed by atoms with van der Waals surface area (Å²) < 4.78 is 0. The third-order valence-electron chi connectivity index (χ3n) is 2.66. The summed E-state index contributed by atoms with van der Waals surface area (Å²) in [4.78, 5) is 0. The molecule has 0 bridgehead atoms. The van der Waals surface area contributed by atoms with E-state index in [0.717, 1.165) is 5.92 Å². The zero-order valence-electron chi connectivity index (χ0n) is 8.65. The summed E-state index contributed by atoms with van der Waals surface area (Å²) in [6, 6.07) is 1.33. The highest BCUT2D eigenvalue weighted by Crippen LogP contribution is 2.07. The van der Waals surface area contributed by atoms with Gasteiger partial charge in [0.2, 0.25) is 0 Å². The molecule has 0 aliphatic carbocycles. The molecule has 0 aromatic heterocycles. The van der Waals surface area contributed by atoms with Gasteiger partial charge in [0.05, 0.1) is 0 Å². The lowest BCUT2D eigenvalue weighted by Gasteiger charge is -2.23. The Bertz CT molecular complexity index is 90.9. The first-order chi connectivity index (χ1) is 5.11. The average Bonchev–Trinajstić information content (AvgIpc) is 2.02. The zero-order valence-corrected chi connectivity index (χ0v) is 8.65. The van der Waals surface area contributed by atoms with Gasteiger partial charge in [-0.3, -0.25) is 0 Å². The molecule has 3 atom stereocenters. The summed E-state index contributed by atoms with van der Waals surface area (Å²) >= 11 is 0. The Morgan fingerprint density at radius 2 is 1.55 bits per heavy atom. The van der Waals surface area contributed by atoms with Crippen molar-refractivity contribution in [3.8, 4) is 0 Å². The van der Waals surface area contributed by atoms with Crippen LogP contribution in [0, 0.1) is 5.92 Å². The highest BCUT2D eigenvalue weighted by molar-refractivity contribution is 4.70. The van der Waals surface area contributed by atoms with E-state index >= 15 is 0 Å². The van der Waals surface area contributed by atoms with Gasteiger partial charge in [-0.25, -0.2) is 0 Å². The van der Waals surface area contributed by atoms with Gasteiger partial charge in [-0.2, -0.15) is 0 Å². The third kappa shape index (κ3) is 4.41. The fourth-order valence-electron chi connectivity index (χ4n) is 1.08. The fraction of sp³-hybridized carbons (Fsp3) is 1.00. The number of hydrogen-bond donors (Lipinski definition) is 1. The SMILES string of the molecule is CC[C@@H](C)[C@H](C)N[C@@H](C)CC. The van der Waals surface area contributed by atoms with Crippen molar-refractivity contribution >= 4 is 0 Å². The summed E-state index contributed by atoms with van der Waals surface area (Å²) in [5, 5.41) is 3.58. The Kier molecular flexibility index (Phi) is 5.57. The second-order valence-corrected chi connectivity index (χ2v) is 3.65. The predicted molar refractivity (Wildman–Crippen MR) is 51.8 cm³/mol. The normalized spacial score (nSPS) is 19.4. The monoisotopic (exact) mass is 157 g/mol. The highest BCUT2D eigenvalue weighted by atomic mass is 14.9. The molecule has 0 heterocycles. The molecule has 11 heavy (non-hydrogen) atoms. The Balaban J connectivity index is 3.58. The molecule has 0 aliphatic heterocycles. The molecule has 1 N–H and O–H groups in total. The molecule has 68 valence electrons. The van der Waals surface area contributed by atoms with Crippen molar-refractivity contribution in [2.75, 3.05) is 0 Å². The molecule has 0 spiro atoms. The number of rotatable bonds is 5. The van der Waals surface area contributed by atoms with Gasteiger partial charge in [0, 0.05) is 12.1 Å². The maximum Gasteiger partial charge on any atom is 0.00667 e. The zero-order chi connectivity index (χ0) is 8.85. The van der Waals surface area contributed by atoms with Crippen molar-refractivity contribution in [2.24, 2.45) is 5.92 Å². The van der Waals surface area contributed by atoms with Crippen LogP contribution in [0.1, 0.15) is 47.5 Å². The Hall–Kier alpha value is -0.0400.